The van der Waals surface area contributed by atoms with Crippen molar-refractivity contribution in [3.8, 4) is 11.3 Å². The Morgan fingerprint density at radius 2 is 2.14 bits per heavy atom. The summed E-state index contributed by atoms with van der Waals surface area (Å²) in [5.74, 6) is 0.952. The van der Waals surface area contributed by atoms with E-state index in [1.165, 1.54) is 0 Å². The first-order valence-electron chi connectivity index (χ1n) is 7.32. The summed E-state index contributed by atoms with van der Waals surface area (Å²) in [6.45, 7) is 1.44. The summed E-state index contributed by atoms with van der Waals surface area (Å²) in [4.78, 5) is 21.6. The fourth-order valence-corrected chi connectivity index (χ4v) is 2.67. The normalized spacial score (nSPS) is 17.0. The quantitative estimate of drug-likeness (QED) is 0.908. The van der Waals surface area contributed by atoms with E-state index in [1.54, 1.807) is 4.90 Å². The SMILES string of the molecule is CN(Cc1ncc(-c2ccccc2)[nH]1)C(=O)C1CCCN1.Cl. The zero-order valence-corrected chi connectivity index (χ0v) is 13.4. The summed E-state index contributed by atoms with van der Waals surface area (Å²) in [6.07, 6.45) is 3.82. The highest BCUT2D eigenvalue weighted by atomic mass is 35.5. The lowest BCUT2D eigenvalue weighted by Crippen LogP contribution is -2.41. The molecule has 2 N–H and O–H groups in total. The van der Waals surface area contributed by atoms with E-state index >= 15 is 0 Å². The molecule has 0 saturated carbocycles. The van der Waals surface area contributed by atoms with Crippen molar-refractivity contribution in [3.63, 3.8) is 0 Å². The maximum Gasteiger partial charge on any atom is 0.239 e. The number of carbonyl (C=O) groups excluding carboxylic acids is 1. The number of aromatic nitrogens is 2. The third kappa shape index (κ3) is 3.67. The summed E-state index contributed by atoms with van der Waals surface area (Å²) < 4.78 is 0. The fraction of sp³-hybridized carbons (Fsp3) is 0.375. The minimum Gasteiger partial charge on any atom is -0.341 e. The molecule has 1 saturated heterocycles. The summed E-state index contributed by atoms with van der Waals surface area (Å²) in [5.41, 5.74) is 2.08. The van der Waals surface area contributed by atoms with Gasteiger partial charge in [0.1, 0.15) is 5.82 Å². The standard InChI is InChI=1S/C16H20N4O.ClH/c1-20(16(21)13-8-5-9-17-13)11-15-18-10-14(19-15)12-6-3-2-4-7-12;/h2-4,6-7,10,13,17H,5,8-9,11H2,1H3,(H,18,19);1H. The summed E-state index contributed by atoms with van der Waals surface area (Å²) in [6, 6.07) is 10.0. The molecule has 1 amide bonds. The largest absolute Gasteiger partial charge is 0.341 e. The molecule has 1 aromatic carbocycles. The molecular weight excluding hydrogens is 300 g/mol. The smallest absolute Gasteiger partial charge is 0.239 e. The highest BCUT2D eigenvalue weighted by Crippen LogP contribution is 2.17. The molecule has 0 spiro atoms. The van der Waals surface area contributed by atoms with Crippen LogP contribution in [0.2, 0.25) is 0 Å². The van der Waals surface area contributed by atoms with Crippen LogP contribution >= 0.6 is 12.4 Å². The predicted molar refractivity (Wildman–Crippen MR) is 88.8 cm³/mol. The molecule has 0 bridgehead atoms. The van der Waals surface area contributed by atoms with Crippen molar-refractivity contribution in [1.82, 2.24) is 20.2 Å². The first-order valence-corrected chi connectivity index (χ1v) is 7.32. The van der Waals surface area contributed by atoms with Gasteiger partial charge in [-0.3, -0.25) is 4.79 Å². The number of rotatable bonds is 4. The molecule has 1 aliphatic heterocycles. The highest BCUT2D eigenvalue weighted by molar-refractivity contribution is 5.85. The number of H-pyrrole nitrogens is 1. The van der Waals surface area contributed by atoms with Crippen LogP contribution < -0.4 is 5.32 Å². The number of aromatic amines is 1. The zero-order chi connectivity index (χ0) is 14.7. The van der Waals surface area contributed by atoms with E-state index in [0.29, 0.717) is 6.54 Å². The van der Waals surface area contributed by atoms with Crippen LogP contribution in [0.25, 0.3) is 11.3 Å². The van der Waals surface area contributed by atoms with Crippen LogP contribution in [0.15, 0.2) is 36.5 Å². The Hall–Kier alpha value is -1.85. The Bertz CT molecular complexity index is 608. The van der Waals surface area contributed by atoms with Gasteiger partial charge in [0, 0.05) is 7.05 Å². The van der Waals surface area contributed by atoms with Crippen molar-refractivity contribution < 1.29 is 4.79 Å². The second-order valence-electron chi connectivity index (χ2n) is 5.45. The number of imidazole rings is 1. The minimum atomic E-state index is -0.0291. The molecule has 5 nitrogen and oxygen atoms in total. The van der Waals surface area contributed by atoms with Crippen molar-refractivity contribution in [1.29, 1.82) is 0 Å². The van der Waals surface area contributed by atoms with E-state index in [0.717, 1.165) is 36.5 Å². The van der Waals surface area contributed by atoms with E-state index in [2.05, 4.69) is 15.3 Å². The van der Waals surface area contributed by atoms with Gasteiger partial charge in [0.05, 0.1) is 24.5 Å². The highest BCUT2D eigenvalue weighted by Gasteiger charge is 2.25. The molecule has 118 valence electrons. The van der Waals surface area contributed by atoms with Gasteiger partial charge in [0.2, 0.25) is 5.91 Å². The van der Waals surface area contributed by atoms with Crippen molar-refractivity contribution in [3.05, 3.63) is 42.4 Å². The molecule has 6 heteroatoms. The Labute approximate surface area is 136 Å². The minimum absolute atomic E-state index is 0. The van der Waals surface area contributed by atoms with Crippen LogP contribution in [-0.2, 0) is 11.3 Å². The van der Waals surface area contributed by atoms with Crippen molar-refractivity contribution in [2.45, 2.75) is 25.4 Å². The number of benzene rings is 1. The summed E-state index contributed by atoms with van der Waals surface area (Å²) in [5, 5.41) is 3.23. The number of halogens is 1. The van der Waals surface area contributed by atoms with E-state index in [1.807, 2.05) is 43.6 Å². The Morgan fingerprint density at radius 3 is 2.82 bits per heavy atom. The monoisotopic (exact) mass is 320 g/mol. The molecule has 0 aliphatic carbocycles. The number of nitrogens with zero attached hydrogens (tertiary/aromatic N) is 2. The van der Waals surface area contributed by atoms with Crippen LogP contribution in [0.5, 0.6) is 0 Å². The summed E-state index contributed by atoms with van der Waals surface area (Å²) >= 11 is 0. The lowest BCUT2D eigenvalue weighted by atomic mass is 10.2. The second kappa shape index (κ2) is 7.42. The molecule has 1 aliphatic rings. The van der Waals surface area contributed by atoms with Gasteiger partial charge in [-0.25, -0.2) is 4.98 Å². The number of hydrogen-bond acceptors (Lipinski definition) is 3. The Morgan fingerprint density at radius 1 is 1.36 bits per heavy atom. The van der Waals surface area contributed by atoms with Crippen molar-refractivity contribution in [2.24, 2.45) is 0 Å². The number of nitrogens with one attached hydrogen (secondary N) is 2. The van der Waals surface area contributed by atoms with Crippen molar-refractivity contribution >= 4 is 18.3 Å². The van der Waals surface area contributed by atoms with Gasteiger partial charge in [-0.2, -0.15) is 0 Å². The van der Waals surface area contributed by atoms with Crippen molar-refractivity contribution in [2.75, 3.05) is 13.6 Å². The Kier molecular flexibility index (Phi) is 5.57. The lowest BCUT2D eigenvalue weighted by molar-refractivity contribution is -0.132. The maximum absolute atomic E-state index is 12.2. The van der Waals surface area contributed by atoms with Gasteiger partial charge < -0.3 is 15.2 Å². The molecule has 1 unspecified atom stereocenters. The van der Waals surface area contributed by atoms with Gasteiger partial charge in [-0.15, -0.1) is 12.4 Å². The summed E-state index contributed by atoms with van der Waals surface area (Å²) in [7, 11) is 1.83. The predicted octanol–water partition coefficient (Wildman–Crippen LogP) is 2.21. The molecule has 2 heterocycles. The van der Waals surface area contributed by atoms with Gasteiger partial charge in [-0.1, -0.05) is 30.3 Å². The van der Waals surface area contributed by atoms with Crippen LogP contribution in [0, 0.1) is 0 Å². The molecular formula is C16H21ClN4O. The average molecular weight is 321 g/mol. The second-order valence-corrected chi connectivity index (χ2v) is 5.45. The average Bonchev–Trinajstić information content (AvgIpc) is 3.19. The number of amides is 1. The Balaban J connectivity index is 0.00000176. The van der Waals surface area contributed by atoms with E-state index in [4.69, 9.17) is 0 Å². The first-order chi connectivity index (χ1) is 10.2. The maximum atomic E-state index is 12.2. The molecule has 3 rings (SSSR count). The van der Waals surface area contributed by atoms with E-state index in [9.17, 15) is 4.79 Å². The number of likely N-dealkylation sites (N-methyl/N-ethyl adjacent to an activating group) is 1. The van der Waals surface area contributed by atoms with Crippen LogP contribution in [0.1, 0.15) is 18.7 Å². The fourth-order valence-electron chi connectivity index (χ4n) is 2.67. The first kappa shape index (κ1) is 16.5. The topological polar surface area (TPSA) is 61.0 Å². The molecule has 22 heavy (non-hydrogen) atoms. The molecule has 1 fully saturated rings. The van der Waals surface area contributed by atoms with Gasteiger partial charge in [0.15, 0.2) is 0 Å². The lowest BCUT2D eigenvalue weighted by Gasteiger charge is -2.20. The molecule has 2 aromatic rings. The van der Waals surface area contributed by atoms with Gasteiger partial charge in [-0.05, 0) is 24.9 Å². The molecule has 0 radical (unpaired) electrons. The van der Waals surface area contributed by atoms with E-state index < -0.39 is 0 Å². The molecule has 1 atom stereocenters. The third-order valence-electron chi connectivity index (χ3n) is 3.83. The van der Waals surface area contributed by atoms with Gasteiger partial charge >= 0.3 is 0 Å². The van der Waals surface area contributed by atoms with Crippen LogP contribution in [-0.4, -0.2) is 40.4 Å². The van der Waals surface area contributed by atoms with Gasteiger partial charge in [0.25, 0.3) is 0 Å². The van der Waals surface area contributed by atoms with Crippen LogP contribution in [0.3, 0.4) is 0 Å². The van der Waals surface area contributed by atoms with E-state index in [-0.39, 0.29) is 24.4 Å². The zero-order valence-electron chi connectivity index (χ0n) is 12.6. The third-order valence-corrected chi connectivity index (χ3v) is 3.83. The number of hydrogen-bond donors (Lipinski definition) is 2. The molecule has 1 aromatic heterocycles. The van der Waals surface area contributed by atoms with Crippen LogP contribution in [0.4, 0.5) is 0 Å². The number of carbonyl (C=O) groups is 1.